The summed E-state index contributed by atoms with van der Waals surface area (Å²) in [4.78, 5) is 48.6. The zero-order valence-electron chi connectivity index (χ0n) is 35.7. The van der Waals surface area contributed by atoms with E-state index < -0.39 is 18.1 Å². The van der Waals surface area contributed by atoms with E-state index in [1.54, 1.807) is 34.8 Å². The fourth-order valence-corrected chi connectivity index (χ4v) is 10.7. The summed E-state index contributed by atoms with van der Waals surface area (Å²) in [5.74, 6) is 0.0347. The Labute approximate surface area is 373 Å². The number of hydrogen-bond acceptors (Lipinski definition) is 14. The highest BCUT2D eigenvalue weighted by Crippen LogP contribution is 2.40. The lowest BCUT2D eigenvalue weighted by Gasteiger charge is -2.31. The average molecular weight is 884 g/mol. The largest absolute Gasteiger partial charge is 0.507 e. The van der Waals surface area contributed by atoms with Crippen LogP contribution < -0.4 is 10.2 Å². The first-order chi connectivity index (χ1) is 30.4. The fraction of sp³-hybridized carbons (Fsp3) is 0.362. The second-order valence-corrected chi connectivity index (χ2v) is 18.8. The summed E-state index contributed by atoms with van der Waals surface area (Å²) in [6, 6.07) is 17.9. The number of aromatic hydroxyl groups is 1. The summed E-state index contributed by atoms with van der Waals surface area (Å²) in [5.41, 5.74) is 8.83. The highest BCUT2D eigenvalue weighted by Gasteiger charge is 2.44. The molecule has 7 heterocycles. The molecule has 2 fully saturated rings. The molecule has 63 heavy (non-hydrogen) atoms. The Kier molecular flexibility index (Phi) is 11.8. The van der Waals surface area contributed by atoms with Gasteiger partial charge in [0, 0.05) is 71.8 Å². The number of rotatable bonds is 11. The van der Waals surface area contributed by atoms with Gasteiger partial charge >= 0.3 is 0 Å². The number of aliphatic hydroxyl groups is 1. The molecule has 0 aliphatic carbocycles. The lowest BCUT2D eigenvalue weighted by Crippen LogP contribution is -2.48. The van der Waals surface area contributed by atoms with Crippen LogP contribution in [-0.2, 0) is 9.59 Å². The van der Waals surface area contributed by atoms with Gasteiger partial charge in [0.1, 0.15) is 28.3 Å². The van der Waals surface area contributed by atoms with Gasteiger partial charge < -0.3 is 29.9 Å². The zero-order valence-corrected chi connectivity index (χ0v) is 37.4. The summed E-state index contributed by atoms with van der Waals surface area (Å²) in [6.07, 6.45) is 4.66. The van der Waals surface area contributed by atoms with Crippen molar-refractivity contribution in [2.24, 2.45) is 5.92 Å². The van der Waals surface area contributed by atoms with Crippen LogP contribution in [0.4, 0.5) is 5.95 Å². The van der Waals surface area contributed by atoms with Crippen molar-refractivity contribution in [2.75, 3.05) is 24.5 Å². The number of aromatic nitrogens is 6. The van der Waals surface area contributed by atoms with Crippen LogP contribution in [0.3, 0.4) is 0 Å². The Morgan fingerprint density at radius 3 is 2.37 bits per heavy atom. The molecule has 324 valence electrons. The molecule has 2 aliphatic heterocycles. The minimum Gasteiger partial charge on any atom is -0.507 e. The van der Waals surface area contributed by atoms with E-state index in [0.29, 0.717) is 23.0 Å². The van der Waals surface area contributed by atoms with Gasteiger partial charge in [0.25, 0.3) is 0 Å². The molecule has 7 aromatic rings. The van der Waals surface area contributed by atoms with Crippen LogP contribution in [0.25, 0.3) is 42.4 Å². The molecule has 3 N–H and O–H groups in total. The van der Waals surface area contributed by atoms with Crippen LogP contribution >= 0.6 is 22.7 Å². The summed E-state index contributed by atoms with van der Waals surface area (Å²) in [6.45, 7) is 11.4. The zero-order chi connectivity index (χ0) is 43.9. The summed E-state index contributed by atoms with van der Waals surface area (Å²) in [7, 11) is 0. The quantitative estimate of drug-likeness (QED) is 0.113. The first-order valence-corrected chi connectivity index (χ1v) is 23.0. The third-order valence-corrected chi connectivity index (χ3v) is 14.6. The maximum atomic E-state index is 14.3. The van der Waals surface area contributed by atoms with Gasteiger partial charge in [-0.1, -0.05) is 55.4 Å². The van der Waals surface area contributed by atoms with Crippen molar-refractivity contribution in [3.63, 3.8) is 0 Å². The first kappa shape index (κ1) is 42.2. The van der Waals surface area contributed by atoms with E-state index >= 15 is 0 Å². The minimum atomic E-state index is -0.814. The molecule has 2 amide bonds. The first-order valence-electron chi connectivity index (χ1n) is 21.3. The Balaban J connectivity index is 0.825. The normalized spacial score (nSPS) is 18.0. The van der Waals surface area contributed by atoms with Crippen LogP contribution in [0.2, 0.25) is 0 Å². The Morgan fingerprint density at radius 2 is 1.67 bits per heavy atom. The van der Waals surface area contributed by atoms with E-state index in [2.05, 4.69) is 37.5 Å². The number of hydrogen-bond donors (Lipinski definition) is 3. The van der Waals surface area contributed by atoms with Gasteiger partial charge in [0.2, 0.25) is 17.8 Å². The molecule has 0 saturated carbocycles. The number of carbonyl (C=O) groups is 2. The van der Waals surface area contributed by atoms with E-state index in [0.717, 1.165) is 79.5 Å². The molecule has 5 aromatic heterocycles. The second-order valence-electron chi connectivity index (χ2n) is 16.9. The molecule has 14 nitrogen and oxygen atoms in total. The standard InChI is InChI=1S/C47H49N9O5S2/c1-25(2)41(46(60)56-23-33(57)18-38(56)44(59)51-27(4)29-10-12-31(13-11-29)43-28(5)50-24-62-43)40-20-36(54-61-40)30-14-16-55(17-15-30)47-48-21-32(22-49-47)42-26(3)35-19-37(52-53-45(35)63-42)34-8-6-7-9-39(34)58/h6-13,19-22,24-25,27,30,33,38,41,57-58H,14-18,23H2,1-5H3,(H,51,59)/t27-,33+,38-,41+/m0/s1. The number of benzene rings is 2. The van der Waals surface area contributed by atoms with E-state index in [1.165, 1.54) is 4.90 Å². The van der Waals surface area contributed by atoms with Crippen molar-refractivity contribution in [3.05, 3.63) is 107 Å². The number of nitrogens with one attached hydrogen (secondary N) is 1. The minimum absolute atomic E-state index is 0.0695. The van der Waals surface area contributed by atoms with Crippen LogP contribution in [0.5, 0.6) is 5.75 Å². The van der Waals surface area contributed by atoms with Crippen molar-refractivity contribution in [1.82, 2.24) is 40.5 Å². The molecule has 0 radical (unpaired) electrons. The molecule has 0 spiro atoms. The number of anilines is 1. The van der Waals surface area contributed by atoms with Gasteiger partial charge in [-0.25, -0.2) is 15.0 Å². The van der Waals surface area contributed by atoms with Crippen molar-refractivity contribution in [2.45, 2.75) is 83.9 Å². The average Bonchev–Trinajstić information content (AvgIpc) is 4.11. The summed E-state index contributed by atoms with van der Waals surface area (Å²) < 4.78 is 5.92. The van der Waals surface area contributed by atoms with Crippen LogP contribution in [0.15, 0.2) is 83.1 Å². The molecule has 9 rings (SSSR count). The fourth-order valence-electron chi connectivity index (χ4n) is 8.85. The SMILES string of the molecule is Cc1ncsc1-c1ccc([C@H](C)NC(=O)[C@@H]2C[C@@H](O)CN2C(=O)[C@@H](c2cc(C3CCN(c4ncc(-c5sc6nnc(-c7ccccc7O)cc6c5C)cn4)CC3)no2)C(C)C)cc1. The number of β-amino-alcohol motifs (C(OH)–C–C–N with tert-alkyl or cyclic N) is 1. The maximum absolute atomic E-state index is 14.3. The third kappa shape index (κ3) is 8.42. The number of piperidine rings is 1. The van der Waals surface area contributed by atoms with Crippen LogP contribution in [-0.4, -0.2) is 89.0 Å². The number of para-hydroxylation sites is 1. The maximum Gasteiger partial charge on any atom is 0.243 e. The van der Waals surface area contributed by atoms with Crippen LogP contribution in [0.1, 0.15) is 86.2 Å². The number of aliphatic hydroxyl groups excluding tert-OH is 1. The van der Waals surface area contributed by atoms with Crippen molar-refractivity contribution < 1.29 is 24.3 Å². The number of phenolic OH excluding ortho intramolecular Hbond substituents is 1. The molecule has 0 bridgehead atoms. The Bertz CT molecular complexity index is 2760. The number of nitrogens with zero attached hydrogens (tertiary/aromatic N) is 8. The molecular formula is C47H49N9O5S2. The van der Waals surface area contributed by atoms with Crippen molar-refractivity contribution in [3.8, 4) is 37.9 Å². The summed E-state index contributed by atoms with van der Waals surface area (Å²) in [5, 5.41) is 38.5. The van der Waals surface area contributed by atoms with E-state index in [9.17, 15) is 19.8 Å². The van der Waals surface area contributed by atoms with Gasteiger partial charge in [-0.05, 0) is 74.4 Å². The van der Waals surface area contributed by atoms with Gasteiger partial charge in [-0.15, -0.1) is 32.9 Å². The molecule has 2 aliphatic rings. The van der Waals surface area contributed by atoms with Gasteiger partial charge in [0.15, 0.2) is 0 Å². The van der Waals surface area contributed by atoms with Gasteiger partial charge in [0.05, 0.1) is 39.6 Å². The van der Waals surface area contributed by atoms with Gasteiger partial charge in [-0.3, -0.25) is 9.59 Å². The number of carbonyl (C=O) groups excluding carboxylic acids is 2. The monoisotopic (exact) mass is 883 g/mol. The number of aryl methyl sites for hydroxylation is 2. The number of phenols is 1. The second kappa shape index (κ2) is 17.6. The van der Waals surface area contributed by atoms with Crippen LogP contribution in [0, 0.1) is 19.8 Å². The highest BCUT2D eigenvalue weighted by molar-refractivity contribution is 7.22. The summed E-state index contributed by atoms with van der Waals surface area (Å²) >= 11 is 3.14. The van der Waals surface area contributed by atoms with Crippen molar-refractivity contribution in [1.29, 1.82) is 0 Å². The molecular weight excluding hydrogens is 835 g/mol. The predicted octanol–water partition coefficient (Wildman–Crippen LogP) is 8.21. The topological polar surface area (TPSA) is 184 Å². The number of likely N-dealkylation sites (tertiary alicyclic amines) is 1. The lowest BCUT2D eigenvalue weighted by molar-refractivity contribution is -0.141. The molecule has 2 saturated heterocycles. The number of thiazole rings is 1. The third-order valence-electron chi connectivity index (χ3n) is 12.4. The van der Waals surface area contributed by atoms with E-state index in [4.69, 9.17) is 14.5 Å². The van der Waals surface area contributed by atoms with Crippen molar-refractivity contribution >= 4 is 50.7 Å². The van der Waals surface area contributed by atoms with E-state index in [1.807, 2.05) is 94.1 Å². The predicted molar refractivity (Wildman–Crippen MR) is 244 cm³/mol. The molecule has 2 aromatic carbocycles. The molecule has 4 atom stereocenters. The molecule has 0 unspecified atom stereocenters. The van der Waals surface area contributed by atoms with Gasteiger partial charge in [-0.2, -0.15) is 0 Å². The Hall–Kier alpha value is -6.10. The van der Waals surface area contributed by atoms with E-state index in [-0.39, 0.29) is 48.4 Å². The smallest absolute Gasteiger partial charge is 0.243 e. The molecule has 16 heteroatoms. The lowest BCUT2D eigenvalue weighted by atomic mass is 9.89. The highest BCUT2D eigenvalue weighted by atomic mass is 32.1. The number of thiophene rings is 1. The number of fused-ring (bicyclic) bond motifs is 1. The Morgan fingerprint density at radius 1 is 0.921 bits per heavy atom. The number of amides is 2.